The minimum absolute atomic E-state index is 0.0950. The van der Waals surface area contributed by atoms with Gasteiger partial charge in [-0.25, -0.2) is 4.98 Å². The van der Waals surface area contributed by atoms with Gasteiger partial charge in [0.25, 0.3) is 0 Å². The molecule has 0 fully saturated rings. The van der Waals surface area contributed by atoms with E-state index in [2.05, 4.69) is 10.3 Å². The third kappa shape index (κ3) is 5.35. The predicted octanol–water partition coefficient (Wildman–Crippen LogP) is 1.83. The average molecular weight is 363 g/mol. The molecule has 1 aromatic carbocycles. The summed E-state index contributed by atoms with van der Waals surface area (Å²) < 4.78 is 9.85. The lowest BCUT2D eigenvalue weighted by molar-refractivity contribution is -0.139. The molecule has 7 nitrogen and oxygen atoms in total. The Morgan fingerprint density at radius 3 is 2.60 bits per heavy atom. The van der Waals surface area contributed by atoms with E-state index in [1.54, 1.807) is 0 Å². The van der Waals surface area contributed by atoms with E-state index in [0.29, 0.717) is 10.8 Å². The molecule has 1 aromatic heterocycles. The van der Waals surface area contributed by atoms with E-state index in [0.717, 1.165) is 10.4 Å². The normalized spacial score (nSPS) is 11.8. The Bertz CT molecular complexity index is 714. The molecule has 1 atom stereocenters. The molecule has 2 rings (SSSR count). The highest BCUT2D eigenvalue weighted by Gasteiger charge is 2.19. The topological polar surface area (TPSA) is 104 Å². The fourth-order valence-electron chi connectivity index (χ4n) is 2.19. The summed E-state index contributed by atoms with van der Waals surface area (Å²) in [5.41, 5.74) is 7.06. The number of rotatable bonds is 8. The molecule has 1 unspecified atom stereocenters. The summed E-state index contributed by atoms with van der Waals surface area (Å²) in [4.78, 5) is 29.0. The number of hydrogen-bond donors (Lipinski definition) is 2. The number of methoxy groups -OCH3 is 2. The zero-order valence-corrected chi connectivity index (χ0v) is 15.0. The van der Waals surface area contributed by atoms with Crippen molar-refractivity contribution in [2.45, 2.75) is 18.9 Å². The molecule has 0 saturated heterocycles. The lowest BCUT2D eigenvalue weighted by atomic mass is 10.1. The maximum Gasteiger partial charge on any atom is 0.310 e. The van der Waals surface area contributed by atoms with E-state index in [1.165, 1.54) is 25.6 Å². The number of nitrogens with two attached hydrogens (primary N) is 1. The lowest BCUT2D eigenvalue weighted by Gasteiger charge is -2.11. The quantitative estimate of drug-likeness (QED) is 0.694. The predicted molar refractivity (Wildman–Crippen MR) is 96.4 cm³/mol. The van der Waals surface area contributed by atoms with Crippen molar-refractivity contribution in [3.8, 4) is 11.3 Å². The maximum atomic E-state index is 12.1. The lowest BCUT2D eigenvalue weighted by Crippen LogP contribution is -2.28. The fourth-order valence-corrected chi connectivity index (χ4v) is 3.18. The molecule has 25 heavy (non-hydrogen) atoms. The number of aromatic nitrogens is 1. The van der Waals surface area contributed by atoms with Crippen molar-refractivity contribution in [2.24, 2.45) is 5.73 Å². The molecule has 0 saturated carbocycles. The number of esters is 1. The van der Waals surface area contributed by atoms with Crippen LogP contribution in [-0.2, 0) is 25.5 Å². The van der Waals surface area contributed by atoms with E-state index >= 15 is 0 Å². The molecule has 0 bridgehead atoms. The summed E-state index contributed by atoms with van der Waals surface area (Å²) >= 11 is 1.25. The van der Waals surface area contributed by atoms with Crippen LogP contribution in [0.15, 0.2) is 30.3 Å². The third-order valence-electron chi connectivity index (χ3n) is 3.53. The number of carbonyl (C=O) groups is 2. The van der Waals surface area contributed by atoms with Crippen molar-refractivity contribution in [3.63, 3.8) is 0 Å². The van der Waals surface area contributed by atoms with E-state index in [9.17, 15) is 9.59 Å². The van der Waals surface area contributed by atoms with Gasteiger partial charge in [-0.1, -0.05) is 30.3 Å². The number of ether oxygens (including phenoxy) is 2. The number of benzene rings is 1. The third-order valence-corrected chi connectivity index (χ3v) is 4.50. The van der Waals surface area contributed by atoms with Crippen LogP contribution in [0.4, 0.5) is 5.13 Å². The molecule has 0 radical (unpaired) electrons. The van der Waals surface area contributed by atoms with E-state index < -0.39 is 0 Å². The minimum Gasteiger partial charge on any atom is -0.469 e. The zero-order valence-electron chi connectivity index (χ0n) is 14.2. The standard InChI is InChI=1S/C17H21N3O4S/c1-23-12(10-18)8-14(21)19-17-20-16(11-6-4-3-5-7-11)13(25-17)9-15(22)24-2/h3-7,12H,8-10,18H2,1-2H3,(H,19,20,21). The molecule has 0 aliphatic heterocycles. The Morgan fingerprint density at radius 2 is 2.00 bits per heavy atom. The fraction of sp³-hybridized carbons (Fsp3) is 0.353. The minimum atomic E-state index is -0.360. The summed E-state index contributed by atoms with van der Waals surface area (Å²) in [5, 5.41) is 3.17. The number of anilines is 1. The van der Waals surface area contributed by atoms with Crippen LogP contribution in [0.1, 0.15) is 11.3 Å². The molecular weight excluding hydrogens is 342 g/mol. The highest BCUT2D eigenvalue weighted by Crippen LogP contribution is 2.31. The van der Waals surface area contributed by atoms with Crippen molar-refractivity contribution >= 4 is 28.3 Å². The molecule has 0 aliphatic carbocycles. The smallest absolute Gasteiger partial charge is 0.310 e. The number of amides is 1. The van der Waals surface area contributed by atoms with Crippen LogP contribution >= 0.6 is 11.3 Å². The summed E-state index contributed by atoms with van der Waals surface area (Å²) in [6.45, 7) is 0.255. The first kappa shape index (κ1) is 19.0. The first-order valence-corrected chi connectivity index (χ1v) is 8.53. The average Bonchev–Trinajstić information content (AvgIpc) is 3.02. The molecule has 0 spiro atoms. The van der Waals surface area contributed by atoms with Gasteiger partial charge in [0, 0.05) is 24.1 Å². The monoisotopic (exact) mass is 363 g/mol. The SMILES string of the molecule is COC(=O)Cc1sc(NC(=O)CC(CN)OC)nc1-c1ccccc1. The van der Waals surface area contributed by atoms with Gasteiger partial charge in [0.1, 0.15) is 0 Å². The van der Waals surface area contributed by atoms with Gasteiger partial charge in [0.15, 0.2) is 5.13 Å². The van der Waals surface area contributed by atoms with Gasteiger partial charge in [0.2, 0.25) is 5.91 Å². The highest BCUT2D eigenvalue weighted by molar-refractivity contribution is 7.16. The Morgan fingerprint density at radius 1 is 1.28 bits per heavy atom. The Kier molecular flexibility index (Phi) is 7.05. The van der Waals surface area contributed by atoms with Crippen molar-refractivity contribution in [1.82, 2.24) is 4.98 Å². The van der Waals surface area contributed by atoms with Gasteiger partial charge in [-0.3, -0.25) is 9.59 Å². The zero-order chi connectivity index (χ0) is 18.2. The summed E-state index contributed by atoms with van der Waals surface area (Å²) in [6.07, 6.45) is -0.111. The molecule has 134 valence electrons. The molecule has 0 aliphatic rings. The Balaban J connectivity index is 2.22. The molecule has 3 N–H and O–H groups in total. The van der Waals surface area contributed by atoms with Crippen molar-refractivity contribution in [3.05, 3.63) is 35.2 Å². The van der Waals surface area contributed by atoms with Crippen molar-refractivity contribution in [2.75, 3.05) is 26.1 Å². The number of thiazole rings is 1. The first-order valence-electron chi connectivity index (χ1n) is 7.72. The number of nitrogens with zero attached hydrogens (tertiary/aromatic N) is 1. The summed E-state index contributed by atoms with van der Waals surface area (Å²) in [5.74, 6) is -0.600. The molecule has 8 heteroatoms. The van der Waals surface area contributed by atoms with Gasteiger partial charge in [-0.05, 0) is 0 Å². The molecular formula is C17H21N3O4S. The van der Waals surface area contributed by atoms with E-state index in [4.69, 9.17) is 15.2 Å². The Labute approximate surface area is 150 Å². The largest absolute Gasteiger partial charge is 0.469 e. The van der Waals surface area contributed by atoms with Crippen LogP contribution in [0, 0.1) is 0 Å². The second kappa shape index (κ2) is 9.26. The van der Waals surface area contributed by atoms with Crippen LogP contribution in [0.2, 0.25) is 0 Å². The van der Waals surface area contributed by atoms with Crippen LogP contribution in [-0.4, -0.2) is 43.7 Å². The van der Waals surface area contributed by atoms with Crippen LogP contribution in [0.25, 0.3) is 11.3 Å². The summed E-state index contributed by atoms with van der Waals surface area (Å²) in [6, 6.07) is 9.47. The first-order chi connectivity index (χ1) is 12.1. The van der Waals surface area contributed by atoms with Crippen LogP contribution < -0.4 is 11.1 Å². The second-order valence-corrected chi connectivity index (χ2v) is 6.34. The number of carbonyl (C=O) groups excluding carboxylic acids is 2. The maximum absolute atomic E-state index is 12.1. The highest BCUT2D eigenvalue weighted by atomic mass is 32.1. The van der Waals surface area contributed by atoms with Gasteiger partial charge >= 0.3 is 5.97 Å². The number of nitrogens with one attached hydrogen (secondary N) is 1. The van der Waals surface area contributed by atoms with Gasteiger partial charge in [-0.2, -0.15) is 0 Å². The van der Waals surface area contributed by atoms with Gasteiger partial charge < -0.3 is 20.5 Å². The van der Waals surface area contributed by atoms with Crippen LogP contribution in [0.3, 0.4) is 0 Å². The van der Waals surface area contributed by atoms with Crippen molar-refractivity contribution in [1.29, 1.82) is 0 Å². The summed E-state index contributed by atoms with van der Waals surface area (Å²) in [7, 11) is 2.85. The van der Waals surface area contributed by atoms with E-state index in [-0.39, 0.29) is 37.4 Å². The second-order valence-electron chi connectivity index (χ2n) is 5.26. The van der Waals surface area contributed by atoms with E-state index in [1.807, 2.05) is 30.3 Å². The molecule has 1 amide bonds. The van der Waals surface area contributed by atoms with Gasteiger partial charge in [0.05, 0.1) is 31.7 Å². The van der Waals surface area contributed by atoms with Crippen molar-refractivity contribution < 1.29 is 19.1 Å². The molecule has 1 heterocycles. The van der Waals surface area contributed by atoms with Gasteiger partial charge in [-0.15, -0.1) is 11.3 Å². The molecule has 2 aromatic rings. The van der Waals surface area contributed by atoms with Crippen LogP contribution in [0.5, 0.6) is 0 Å². The number of hydrogen-bond acceptors (Lipinski definition) is 7. The Hall–Kier alpha value is -2.29.